The van der Waals surface area contributed by atoms with E-state index in [0.29, 0.717) is 12.2 Å². The third-order valence-electron chi connectivity index (χ3n) is 6.44. The smallest absolute Gasteiger partial charge is 0.260 e. The second-order valence-electron chi connectivity index (χ2n) is 8.43. The van der Waals surface area contributed by atoms with Crippen LogP contribution in [0.4, 0.5) is 0 Å². The average molecular weight is 481 g/mol. The summed E-state index contributed by atoms with van der Waals surface area (Å²) in [5.41, 5.74) is 2.17. The number of piperazine rings is 1. The molecule has 170 valence electrons. The molecule has 3 aromatic heterocycles. The fourth-order valence-corrected chi connectivity index (χ4v) is 6.33. The second-order valence-corrected chi connectivity index (χ2v) is 10.2. The SMILES string of the molecule is CC(c1nc2scc(-c3cccs3)c2c(=O)[nH]1)N1CCN(Cc2ccc3c(c2)OCO3)CC1. The number of aromatic nitrogens is 2. The monoisotopic (exact) mass is 480 g/mol. The van der Waals surface area contributed by atoms with Crippen LogP contribution in [0, 0.1) is 0 Å². The van der Waals surface area contributed by atoms with Gasteiger partial charge in [-0.3, -0.25) is 14.6 Å². The molecule has 0 amide bonds. The molecule has 0 radical (unpaired) electrons. The van der Waals surface area contributed by atoms with Crippen LogP contribution >= 0.6 is 22.7 Å². The van der Waals surface area contributed by atoms with Gasteiger partial charge in [-0.1, -0.05) is 12.1 Å². The van der Waals surface area contributed by atoms with Gasteiger partial charge in [0, 0.05) is 48.5 Å². The van der Waals surface area contributed by atoms with Crippen molar-refractivity contribution < 1.29 is 9.47 Å². The van der Waals surface area contributed by atoms with Crippen molar-refractivity contribution in [3.63, 3.8) is 0 Å². The number of fused-ring (bicyclic) bond motifs is 2. The highest BCUT2D eigenvalue weighted by Gasteiger charge is 2.25. The lowest BCUT2D eigenvalue weighted by Crippen LogP contribution is -2.47. The van der Waals surface area contributed by atoms with Crippen LogP contribution in [0.25, 0.3) is 20.7 Å². The molecule has 2 aliphatic heterocycles. The van der Waals surface area contributed by atoms with Gasteiger partial charge in [-0.15, -0.1) is 22.7 Å². The first-order chi connectivity index (χ1) is 16.2. The molecule has 1 saturated heterocycles. The van der Waals surface area contributed by atoms with Gasteiger partial charge in [-0.05, 0) is 36.1 Å². The van der Waals surface area contributed by atoms with E-state index in [2.05, 4.69) is 33.8 Å². The van der Waals surface area contributed by atoms with Crippen molar-refractivity contribution in [1.82, 2.24) is 19.8 Å². The quantitative estimate of drug-likeness (QED) is 0.459. The largest absolute Gasteiger partial charge is 0.454 e. The van der Waals surface area contributed by atoms with E-state index in [1.54, 1.807) is 22.7 Å². The van der Waals surface area contributed by atoms with Gasteiger partial charge in [-0.2, -0.15) is 0 Å². The van der Waals surface area contributed by atoms with E-state index in [9.17, 15) is 4.79 Å². The molecule has 1 unspecified atom stereocenters. The molecule has 2 aliphatic rings. The van der Waals surface area contributed by atoms with Crippen molar-refractivity contribution in [2.75, 3.05) is 33.0 Å². The third-order valence-corrected chi connectivity index (χ3v) is 8.22. The highest BCUT2D eigenvalue weighted by Crippen LogP contribution is 2.35. The predicted molar refractivity (Wildman–Crippen MR) is 131 cm³/mol. The highest BCUT2D eigenvalue weighted by atomic mass is 32.1. The van der Waals surface area contributed by atoms with Crippen molar-refractivity contribution in [3.05, 3.63) is 62.8 Å². The minimum Gasteiger partial charge on any atom is -0.454 e. The van der Waals surface area contributed by atoms with Crippen LogP contribution in [0.5, 0.6) is 11.5 Å². The van der Waals surface area contributed by atoms with E-state index < -0.39 is 0 Å². The number of hydrogen-bond acceptors (Lipinski definition) is 8. The van der Waals surface area contributed by atoms with Gasteiger partial charge in [-0.25, -0.2) is 4.98 Å². The fourth-order valence-electron chi connectivity index (χ4n) is 4.56. The van der Waals surface area contributed by atoms with Gasteiger partial charge in [0.05, 0.1) is 11.4 Å². The van der Waals surface area contributed by atoms with Gasteiger partial charge >= 0.3 is 0 Å². The fraction of sp³-hybridized carbons (Fsp3) is 0.333. The summed E-state index contributed by atoms with van der Waals surface area (Å²) in [6, 6.07) is 10.3. The maximum atomic E-state index is 13.0. The molecule has 1 fully saturated rings. The summed E-state index contributed by atoms with van der Waals surface area (Å²) in [6.07, 6.45) is 0. The normalized spacial score (nSPS) is 17.6. The second kappa shape index (κ2) is 8.57. The Morgan fingerprint density at radius 2 is 1.97 bits per heavy atom. The Hall–Kier alpha value is -2.72. The molecule has 9 heteroatoms. The first kappa shape index (κ1) is 20.9. The number of nitrogens with zero attached hydrogens (tertiary/aromatic N) is 3. The number of thiophene rings is 2. The number of rotatable bonds is 5. The Kier molecular flexibility index (Phi) is 5.41. The molecule has 6 rings (SSSR count). The standard InChI is InChI=1S/C24H24N4O3S2/c1-15(22-25-23(29)21-17(13-33-24(21)26-22)20-3-2-10-32-20)28-8-6-27(7-9-28)12-16-4-5-18-19(11-16)31-14-30-18/h2-5,10-11,13,15H,6-9,12,14H2,1H3,(H,25,26,29). The summed E-state index contributed by atoms with van der Waals surface area (Å²) < 4.78 is 10.9. The minimum atomic E-state index is -0.0482. The Bertz CT molecular complexity index is 1340. The summed E-state index contributed by atoms with van der Waals surface area (Å²) in [5, 5.41) is 4.78. The summed E-state index contributed by atoms with van der Waals surface area (Å²) in [7, 11) is 0. The molecule has 5 heterocycles. The van der Waals surface area contributed by atoms with Crippen LogP contribution in [0.15, 0.2) is 45.9 Å². The molecule has 0 spiro atoms. The first-order valence-corrected chi connectivity index (χ1v) is 12.8. The molecule has 7 nitrogen and oxygen atoms in total. The lowest BCUT2D eigenvalue weighted by molar-refractivity contribution is 0.0948. The molecule has 1 N–H and O–H groups in total. The summed E-state index contributed by atoms with van der Waals surface area (Å²) in [5.74, 6) is 2.40. The van der Waals surface area contributed by atoms with Crippen molar-refractivity contribution in [2.24, 2.45) is 0 Å². The van der Waals surface area contributed by atoms with E-state index in [1.165, 1.54) is 5.56 Å². The Morgan fingerprint density at radius 1 is 1.12 bits per heavy atom. The van der Waals surface area contributed by atoms with Gasteiger partial charge < -0.3 is 14.5 Å². The van der Waals surface area contributed by atoms with Crippen molar-refractivity contribution in [3.8, 4) is 21.9 Å². The van der Waals surface area contributed by atoms with Gasteiger partial charge in [0.1, 0.15) is 10.7 Å². The number of ether oxygens (including phenoxy) is 2. The molecule has 4 aromatic rings. The van der Waals surface area contributed by atoms with Crippen molar-refractivity contribution in [2.45, 2.75) is 19.5 Å². The van der Waals surface area contributed by atoms with Crippen LogP contribution in [0.3, 0.4) is 0 Å². The number of aromatic amines is 1. The van der Waals surface area contributed by atoms with E-state index in [4.69, 9.17) is 14.5 Å². The summed E-state index contributed by atoms with van der Waals surface area (Å²) >= 11 is 3.19. The molecule has 0 saturated carbocycles. The molecule has 1 aromatic carbocycles. The molecule has 33 heavy (non-hydrogen) atoms. The number of H-pyrrole nitrogens is 1. The minimum absolute atomic E-state index is 0.0482. The van der Waals surface area contributed by atoms with E-state index in [-0.39, 0.29) is 11.6 Å². The zero-order valence-corrected chi connectivity index (χ0v) is 19.9. The predicted octanol–water partition coefficient (Wildman–Crippen LogP) is 4.32. The van der Waals surface area contributed by atoms with Crippen LogP contribution in [0.1, 0.15) is 24.4 Å². The Morgan fingerprint density at radius 3 is 2.79 bits per heavy atom. The van der Waals surface area contributed by atoms with E-state index in [1.807, 2.05) is 29.0 Å². The molecular weight excluding hydrogens is 456 g/mol. The topological polar surface area (TPSA) is 70.7 Å². The van der Waals surface area contributed by atoms with E-state index in [0.717, 1.165) is 65.3 Å². The molecular formula is C24H24N4O3S2. The highest BCUT2D eigenvalue weighted by molar-refractivity contribution is 7.18. The van der Waals surface area contributed by atoms with Crippen LogP contribution in [-0.2, 0) is 6.54 Å². The molecule has 1 atom stereocenters. The van der Waals surface area contributed by atoms with Gasteiger partial charge in [0.15, 0.2) is 11.5 Å². The average Bonchev–Trinajstić information content (AvgIpc) is 3.59. The lowest BCUT2D eigenvalue weighted by Gasteiger charge is -2.37. The Labute approximate surface area is 199 Å². The van der Waals surface area contributed by atoms with Gasteiger partial charge in [0.25, 0.3) is 5.56 Å². The van der Waals surface area contributed by atoms with Crippen LogP contribution < -0.4 is 15.0 Å². The molecule has 0 aliphatic carbocycles. The zero-order chi connectivity index (χ0) is 22.4. The molecule has 0 bridgehead atoms. The zero-order valence-electron chi connectivity index (χ0n) is 18.2. The Balaban J connectivity index is 1.14. The van der Waals surface area contributed by atoms with E-state index >= 15 is 0 Å². The van der Waals surface area contributed by atoms with Crippen LogP contribution in [-0.4, -0.2) is 52.7 Å². The van der Waals surface area contributed by atoms with Crippen LogP contribution in [0.2, 0.25) is 0 Å². The summed E-state index contributed by atoms with van der Waals surface area (Å²) in [4.78, 5) is 27.7. The lowest BCUT2D eigenvalue weighted by atomic mass is 10.1. The third kappa shape index (κ3) is 3.95. The van der Waals surface area contributed by atoms with Crippen molar-refractivity contribution in [1.29, 1.82) is 0 Å². The number of hydrogen-bond donors (Lipinski definition) is 1. The van der Waals surface area contributed by atoms with Gasteiger partial charge in [0.2, 0.25) is 6.79 Å². The number of nitrogens with one attached hydrogen (secondary N) is 1. The maximum absolute atomic E-state index is 13.0. The van der Waals surface area contributed by atoms with Crippen molar-refractivity contribution >= 4 is 32.9 Å². The number of benzene rings is 1. The first-order valence-electron chi connectivity index (χ1n) is 11.1. The summed E-state index contributed by atoms with van der Waals surface area (Å²) in [6.45, 7) is 7.11. The maximum Gasteiger partial charge on any atom is 0.260 e.